The van der Waals surface area contributed by atoms with E-state index in [-0.39, 0.29) is 28.1 Å². The van der Waals surface area contributed by atoms with E-state index in [1.807, 2.05) is 0 Å². The van der Waals surface area contributed by atoms with E-state index in [2.05, 4.69) is 30.6 Å². The summed E-state index contributed by atoms with van der Waals surface area (Å²) < 4.78 is 64.5. The minimum absolute atomic E-state index is 0.0225. The van der Waals surface area contributed by atoms with E-state index < -0.39 is 91.3 Å². The van der Waals surface area contributed by atoms with E-state index in [9.17, 15) is 42.9 Å². The Kier molecular flexibility index (Phi) is 12.0. The Morgan fingerprint density at radius 3 is 2.08 bits per heavy atom. The van der Waals surface area contributed by atoms with Gasteiger partial charge in [0.1, 0.15) is 35.3 Å². The van der Waals surface area contributed by atoms with Gasteiger partial charge in [-0.2, -0.15) is 23.7 Å². The van der Waals surface area contributed by atoms with E-state index in [1.54, 1.807) is 41.5 Å². The van der Waals surface area contributed by atoms with Crippen LogP contribution in [-0.2, 0) is 18.9 Å². The number of halogens is 4. The summed E-state index contributed by atoms with van der Waals surface area (Å²) in [7, 11) is 0. The molecule has 2 amide bonds. The molecule has 19 nitrogen and oxygen atoms in total. The third-order valence-electron chi connectivity index (χ3n) is 7.03. The molecule has 2 fully saturated rings. The van der Waals surface area contributed by atoms with Crippen molar-refractivity contribution < 1.29 is 62.1 Å². The summed E-state index contributed by atoms with van der Waals surface area (Å²) in [6.45, 7) is 8.63. The molecule has 3 aromatic heterocycles. The number of amides is 2. The van der Waals surface area contributed by atoms with Crippen LogP contribution < -0.4 is 16.3 Å². The summed E-state index contributed by atoms with van der Waals surface area (Å²) in [5, 5.41) is 41.8. The zero-order valence-corrected chi connectivity index (χ0v) is 29.3. The van der Waals surface area contributed by atoms with Crippen molar-refractivity contribution >= 4 is 46.6 Å². The minimum Gasteiger partial charge on any atom is -0.444 e. The largest absolute Gasteiger partial charge is 0.444 e. The van der Waals surface area contributed by atoms with E-state index in [0.29, 0.717) is 4.57 Å². The zero-order valence-electron chi connectivity index (χ0n) is 28.5. The van der Waals surface area contributed by atoms with Gasteiger partial charge >= 0.3 is 23.8 Å². The second-order valence-electron chi connectivity index (χ2n) is 13.4. The zero-order chi connectivity index (χ0) is 38.9. The minimum atomic E-state index is -3.81. The molecule has 0 radical (unpaired) electrons. The summed E-state index contributed by atoms with van der Waals surface area (Å²) in [6, 6.07) is 1.10. The SMILES string of the molecule is CC(C)(C)OC(=O)Nc1ccn([C@@H]2O[C@H](CO)C(O)C2(F)F)c(=O)n1.CC(C)(C)OC(=O)Nc1nc(Cl)nc2c1ncn2[C@@H]1O[C@H](CO)C(O)[C@H]1F. The molecule has 6 N–H and O–H groups in total. The van der Waals surface area contributed by atoms with Gasteiger partial charge in [0.25, 0.3) is 0 Å². The number of rotatable bonds is 6. The van der Waals surface area contributed by atoms with Gasteiger partial charge in [-0.05, 0) is 59.2 Å². The van der Waals surface area contributed by atoms with Gasteiger partial charge in [-0.15, -0.1) is 0 Å². The molecule has 7 atom stereocenters. The molecule has 52 heavy (non-hydrogen) atoms. The molecule has 2 aliphatic rings. The first-order valence-electron chi connectivity index (χ1n) is 15.5. The maximum atomic E-state index is 14.4. The number of aliphatic hydroxyl groups is 4. The lowest BCUT2D eigenvalue weighted by Gasteiger charge is -2.21. The number of nitrogens with one attached hydrogen (secondary N) is 2. The average molecular weight is 767 g/mol. The van der Waals surface area contributed by atoms with Crippen molar-refractivity contribution in [2.24, 2.45) is 0 Å². The van der Waals surface area contributed by atoms with E-state index in [1.165, 1.54) is 10.9 Å². The highest BCUT2D eigenvalue weighted by atomic mass is 35.5. The number of carbonyl (C=O) groups excluding carboxylic acids is 2. The van der Waals surface area contributed by atoms with Crippen LogP contribution >= 0.6 is 11.6 Å². The Morgan fingerprint density at radius 2 is 1.56 bits per heavy atom. The van der Waals surface area contributed by atoms with Crippen LogP contribution in [0, 0.1) is 0 Å². The van der Waals surface area contributed by atoms with Crippen molar-refractivity contribution in [3.63, 3.8) is 0 Å². The highest BCUT2D eigenvalue weighted by Crippen LogP contribution is 2.42. The molecule has 23 heteroatoms. The number of ether oxygens (including phenoxy) is 4. The summed E-state index contributed by atoms with van der Waals surface area (Å²) in [5.41, 5.74) is -2.42. The molecule has 0 spiro atoms. The number of aromatic nitrogens is 6. The summed E-state index contributed by atoms with van der Waals surface area (Å²) in [4.78, 5) is 51.1. The van der Waals surface area contributed by atoms with Crippen LogP contribution in [0.4, 0.5) is 34.4 Å². The third kappa shape index (κ3) is 9.23. The molecule has 288 valence electrons. The Hall–Kier alpha value is -4.19. The number of hydrogen-bond donors (Lipinski definition) is 6. The van der Waals surface area contributed by atoms with Crippen molar-refractivity contribution in [1.29, 1.82) is 0 Å². The van der Waals surface area contributed by atoms with E-state index in [0.717, 1.165) is 12.3 Å². The fourth-order valence-corrected chi connectivity index (χ4v) is 4.99. The van der Waals surface area contributed by atoms with Gasteiger partial charge in [0, 0.05) is 6.20 Å². The number of anilines is 2. The molecule has 0 aliphatic carbocycles. The first kappa shape index (κ1) is 40.6. The highest BCUT2D eigenvalue weighted by Gasteiger charge is 2.59. The standard InChI is InChI=1S/C15H19ClFN5O5.C14H19F2N3O6/c1-15(2,3)27-14(25)20-10-8-11(21-13(16)19-10)22(5-18-8)12-7(17)9(24)6(4-23)26-12;1-13(2,3)25-12(23)18-8-4-5-19(11(22)17-8)10-14(15,16)9(21)7(6-20)24-10/h5-7,9,12,23-24H,4H2,1-3H3,(H,19,20,21,25);4-5,7,9-10,20-21H,6H2,1-3H3,(H,17,18,22,23)/t6-,7-,9?,12-;7-,9?,10-/m11/s1. The summed E-state index contributed by atoms with van der Waals surface area (Å²) >= 11 is 5.92. The van der Waals surface area contributed by atoms with Crippen LogP contribution in [0.1, 0.15) is 54.0 Å². The average Bonchev–Trinajstić information content (AvgIpc) is 3.62. The molecule has 2 aliphatic heterocycles. The van der Waals surface area contributed by atoms with Crippen molar-refractivity contribution in [3.8, 4) is 0 Å². The number of fused-ring (bicyclic) bond motifs is 1. The first-order valence-corrected chi connectivity index (χ1v) is 15.8. The van der Waals surface area contributed by atoms with Crippen molar-refractivity contribution in [2.75, 3.05) is 23.8 Å². The molecule has 5 heterocycles. The number of imidazole rings is 1. The Labute approximate surface area is 297 Å². The molecular weight excluding hydrogens is 729 g/mol. The maximum Gasteiger partial charge on any atom is 0.413 e. The van der Waals surface area contributed by atoms with Gasteiger partial charge in [-0.25, -0.2) is 23.8 Å². The van der Waals surface area contributed by atoms with Crippen LogP contribution in [0.25, 0.3) is 11.2 Å². The van der Waals surface area contributed by atoms with Crippen LogP contribution in [-0.4, -0.2) is 123 Å². The second-order valence-corrected chi connectivity index (χ2v) is 13.8. The maximum absolute atomic E-state index is 14.4. The fourth-order valence-electron chi connectivity index (χ4n) is 4.83. The molecule has 3 aromatic rings. The van der Waals surface area contributed by atoms with Crippen molar-refractivity contribution in [1.82, 2.24) is 29.1 Å². The third-order valence-corrected chi connectivity index (χ3v) is 7.20. The van der Waals surface area contributed by atoms with E-state index in [4.69, 9.17) is 35.7 Å². The van der Waals surface area contributed by atoms with Crippen molar-refractivity contribution in [2.45, 2.75) is 102 Å². The normalized spacial score (nSPS) is 25.7. The number of alkyl halides is 3. The monoisotopic (exact) mass is 766 g/mol. The summed E-state index contributed by atoms with van der Waals surface area (Å²) in [6.07, 6.45) is -11.1. The smallest absolute Gasteiger partial charge is 0.413 e. The number of aliphatic hydroxyl groups excluding tert-OH is 4. The Balaban J connectivity index is 0.000000234. The van der Waals surface area contributed by atoms with E-state index >= 15 is 0 Å². The molecule has 0 aromatic carbocycles. The quantitative estimate of drug-likeness (QED) is 0.196. The molecule has 5 rings (SSSR count). The molecular formula is C29H38ClF3N8O11. The topological polar surface area (TPSA) is 255 Å². The molecule has 2 unspecified atom stereocenters. The van der Waals surface area contributed by atoms with Gasteiger partial charge < -0.3 is 39.4 Å². The first-order chi connectivity index (χ1) is 24.1. The number of nitrogens with zero attached hydrogens (tertiary/aromatic N) is 6. The van der Waals surface area contributed by atoms with Gasteiger partial charge in [0.2, 0.25) is 11.5 Å². The predicted octanol–water partition coefficient (Wildman–Crippen LogP) is 1.89. The second kappa shape index (κ2) is 15.4. The van der Waals surface area contributed by atoms with Gasteiger partial charge in [-0.3, -0.25) is 19.8 Å². The fraction of sp³-hybridized carbons (Fsp3) is 0.621. The van der Waals surface area contributed by atoms with Gasteiger partial charge in [0.05, 0.1) is 19.5 Å². The molecule has 0 saturated carbocycles. The number of hydrogen-bond acceptors (Lipinski definition) is 15. The van der Waals surface area contributed by atoms with Crippen LogP contribution in [0.2, 0.25) is 5.28 Å². The Morgan fingerprint density at radius 1 is 0.962 bits per heavy atom. The van der Waals surface area contributed by atoms with Crippen molar-refractivity contribution in [3.05, 3.63) is 34.4 Å². The van der Waals surface area contributed by atoms with Gasteiger partial charge in [0.15, 0.2) is 35.5 Å². The predicted molar refractivity (Wildman–Crippen MR) is 172 cm³/mol. The lowest BCUT2D eigenvalue weighted by atomic mass is 10.1. The highest BCUT2D eigenvalue weighted by molar-refractivity contribution is 6.28. The molecule has 2 saturated heterocycles. The number of carbonyl (C=O) groups is 2. The van der Waals surface area contributed by atoms with Crippen LogP contribution in [0.15, 0.2) is 23.4 Å². The molecule has 0 bridgehead atoms. The van der Waals surface area contributed by atoms with Crippen LogP contribution in [0.3, 0.4) is 0 Å². The Bertz CT molecular complexity index is 1820. The lowest BCUT2D eigenvalue weighted by Crippen LogP contribution is -2.41. The van der Waals surface area contributed by atoms with Crippen LogP contribution in [0.5, 0.6) is 0 Å². The van der Waals surface area contributed by atoms with Gasteiger partial charge in [-0.1, -0.05) is 0 Å². The summed E-state index contributed by atoms with van der Waals surface area (Å²) in [5.74, 6) is -4.03. The lowest BCUT2D eigenvalue weighted by molar-refractivity contribution is -0.140.